The van der Waals surface area contributed by atoms with Crippen molar-refractivity contribution in [1.82, 2.24) is 0 Å². The molecule has 278 valence electrons. The summed E-state index contributed by atoms with van der Waals surface area (Å²) in [6, 6.07) is 62.8. The average Bonchev–Trinajstić information content (AvgIpc) is 3.26. The van der Waals surface area contributed by atoms with Gasteiger partial charge in [0.05, 0.1) is 10.8 Å². The van der Waals surface area contributed by atoms with E-state index in [1.54, 1.807) is 20.8 Å². The van der Waals surface area contributed by atoms with Crippen LogP contribution in [0.2, 0.25) is 0 Å². The molecule has 8 aromatic carbocycles. The Balaban J connectivity index is 1.35. The number of Topliss-reactive ketones (excluding diaryl/α,β-unsaturated/α-hetero) is 3. The predicted octanol–water partition coefficient (Wildman–Crippen LogP) is 12.3. The highest BCUT2D eigenvalue weighted by Gasteiger charge is 2.60. The monoisotopic (exact) mass is 749 g/mol. The largest absolute Gasteiger partial charge is 0.310 e. The van der Waals surface area contributed by atoms with E-state index in [-0.39, 0.29) is 17.3 Å². The van der Waals surface area contributed by atoms with E-state index < -0.39 is 10.8 Å². The summed E-state index contributed by atoms with van der Waals surface area (Å²) < 4.78 is 0. The lowest BCUT2D eigenvalue weighted by atomic mass is 9.44. The topological polar surface area (TPSA) is 54.5 Å². The maximum absolute atomic E-state index is 13.3. The maximum Gasteiger partial charge on any atom is 0.159 e. The summed E-state index contributed by atoms with van der Waals surface area (Å²) in [6.45, 7) is 4.83. The second-order valence-electron chi connectivity index (χ2n) is 15.6. The van der Waals surface area contributed by atoms with E-state index in [9.17, 15) is 14.4 Å². The summed E-state index contributed by atoms with van der Waals surface area (Å²) >= 11 is 0. The van der Waals surface area contributed by atoms with Crippen LogP contribution in [0.15, 0.2) is 182 Å². The van der Waals surface area contributed by atoms with Gasteiger partial charge in [-0.1, -0.05) is 127 Å². The fourth-order valence-electron chi connectivity index (χ4n) is 9.91. The molecule has 0 aromatic heterocycles. The minimum Gasteiger partial charge on any atom is -0.310 e. The number of benzene rings is 8. The number of hydrogen-bond acceptors (Lipinski definition) is 4. The predicted molar refractivity (Wildman–Crippen MR) is 232 cm³/mol. The molecule has 0 fully saturated rings. The molecule has 0 amide bonds. The first-order valence-corrected chi connectivity index (χ1v) is 19.7. The third-order valence-corrected chi connectivity index (χ3v) is 12.5. The Morgan fingerprint density at radius 1 is 0.345 bits per heavy atom. The van der Waals surface area contributed by atoms with Crippen LogP contribution in [-0.4, -0.2) is 17.3 Å². The van der Waals surface area contributed by atoms with Gasteiger partial charge in [0.15, 0.2) is 17.3 Å². The van der Waals surface area contributed by atoms with Crippen LogP contribution in [0.4, 0.5) is 17.1 Å². The SMILES string of the molecule is CC(=O)c1ccc2c(c1)C1(c3cccc(N(c4ccccc4)c4ccc5ccccc5c4)c3)c3ccc(C(C)=O)cc3C2(c2ccccc2)c2cc(C(C)=O)ccc21. The summed E-state index contributed by atoms with van der Waals surface area (Å²) in [5.41, 5.74) is 11.1. The lowest BCUT2D eigenvalue weighted by Crippen LogP contribution is -2.52. The Morgan fingerprint density at radius 3 is 1.31 bits per heavy atom. The number of carbonyl (C=O) groups excluding carboxylic acids is 3. The van der Waals surface area contributed by atoms with E-state index in [2.05, 4.69) is 144 Å². The van der Waals surface area contributed by atoms with Gasteiger partial charge in [0.25, 0.3) is 0 Å². The van der Waals surface area contributed by atoms with Crippen molar-refractivity contribution in [3.63, 3.8) is 0 Å². The molecule has 0 radical (unpaired) electrons. The molecular formula is C54H39NO3. The van der Waals surface area contributed by atoms with E-state index in [1.165, 1.54) is 5.39 Å². The van der Waals surface area contributed by atoms with Crippen molar-refractivity contribution in [2.45, 2.75) is 31.6 Å². The number of carbonyl (C=O) groups is 3. The van der Waals surface area contributed by atoms with Crippen molar-refractivity contribution in [2.24, 2.45) is 0 Å². The molecule has 4 heteroatoms. The van der Waals surface area contributed by atoms with E-state index in [4.69, 9.17) is 0 Å². The Hall–Kier alpha value is -7.17. The molecule has 0 saturated carbocycles. The standard InChI is InChI=1S/C54H39NO3/c1-34(56)38-23-27-48-50(30-38)53(42-15-6-4-7-16-42)47-26-22-40(36(3)58)32-52(47)54(48,49-28-24-39(35(2)57)31-51(49)53)43-17-12-20-45(33-43)55(44-18-8-5-9-19-44)46-25-21-37-13-10-11-14-41(37)29-46/h4-33H,1-3H3. The van der Waals surface area contributed by atoms with Gasteiger partial charge in [0.1, 0.15) is 0 Å². The average molecular weight is 750 g/mol. The molecule has 3 aliphatic rings. The van der Waals surface area contributed by atoms with Crippen molar-refractivity contribution >= 4 is 45.2 Å². The Kier molecular flexibility index (Phi) is 8.03. The van der Waals surface area contributed by atoms with Crippen molar-refractivity contribution in [1.29, 1.82) is 0 Å². The molecule has 0 unspecified atom stereocenters. The normalized spacial score (nSPS) is 17.2. The number of nitrogens with zero attached hydrogens (tertiary/aromatic N) is 1. The highest BCUT2D eigenvalue weighted by Crippen LogP contribution is 2.66. The first-order chi connectivity index (χ1) is 28.2. The number of fused-ring (bicyclic) bond motifs is 1. The zero-order valence-electron chi connectivity index (χ0n) is 32.5. The summed E-state index contributed by atoms with van der Waals surface area (Å²) in [7, 11) is 0. The lowest BCUT2D eigenvalue weighted by Gasteiger charge is -2.57. The van der Waals surface area contributed by atoms with Crippen LogP contribution >= 0.6 is 0 Å². The number of anilines is 3. The molecule has 0 heterocycles. The molecule has 0 spiro atoms. The van der Waals surface area contributed by atoms with Crippen LogP contribution in [0.5, 0.6) is 0 Å². The van der Waals surface area contributed by atoms with E-state index in [0.29, 0.717) is 16.7 Å². The second-order valence-corrected chi connectivity index (χ2v) is 15.6. The van der Waals surface area contributed by atoms with Crippen molar-refractivity contribution in [3.8, 4) is 0 Å². The van der Waals surface area contributed by atoms with Gasteiger partial charge in [-0.2, -0.15) is 0 Å². The Morgan fingerprint density at radius 2 is 0.776 bits per heavy atom. The molecule has 4 nitrogen and oxygen atoms in total. The number of rotatable bonds is 8. The van der Waals surface area contributed by atoms with Gasteiger partial charge < -0.3 is 4.90 Å². The fraction of sp³-hybridized carbons (Fsp3) is 0.0926. The van der Waals surface area contributed by atoms with Crippen LogP contribution < -0.4 is 4.90 Å². The maximum atomic E-state index is 13.3. The van der Waals surface area contributed by atoms with Crippen LogP contribution in [0.25, 0.3) is 10.8 Å². The minimum atomic E-state index is -0.936. The second kappa shape index (κ2) is 13.2. The van der Waals surface area contributed by atoms with Gasteiger partial charge in [-0.3, -0.25) is 14.4 Å². The molecule has 0 atom stereocenters. The summed E-state index contributed by atoms with van der Waals surface area (Å²) in [4.78, 5) is 42.1. The summed E-state index contributed by atoms with van der Waals surface area (Å²) in [5.74, 6) is -0.0720. The molecular weight excluding hydrogens is 711 g/mol. The molecule has 3 aliphatic carbocycles. The zero-order chi connectivity index (χ0) is 39.8. The summed E-state index contributed by atoms with van der Waals surface area (Å²) in [5, 5.41) is 2.31. The number of para-hydroxylation sites is 1. The summed E-state index contributed by atoms with van der Waals surface area (Å²) in [6.07, 6.45) is 0. The zero-order valence-corrected chi connectivity index (χ0v) is 32.5. The van der Waals surface area contributed by atoms with E-state index in [0.717, 1.165) is 67.0 Å². The van der Waals surface area contributed by atoms with Gasteiger partial charge in [-0.05, 0) is 131 Å². The van der Waals surface area contributed by atoms with Gasteiger partial charge in [0.2, 0.25) is 0 Å². The third-order valence-electron chi connectivity index (χ3n) is 12.5. The first-order valence-electron chi connectivity index (χ1n) is 19.7. The molecule has 0 saturated heterocycles. The van der Waals surface area contributed by atoms with Gasteiger partial charge >= 0.3 is 0 Å². The third kappa shape index (κ3) is 4.98. The van der Waals surface area contributed by atoms with Crippen molar-refractivity contribution in [2.75, 3.05) is 4.90 Å². The van der Waals surface area contributed by atoms with E-state index >= 15 is 0 Å². The quantitative estimate of drug-likeness (QED) is 0.145. The van der Waals surface area contributed by atoms with Crippen molar-refractivity contribution in [3.05, 3.63) is 243 Å². The fourth-order valence-corrected chi connectivity index (χ4v) is 9.91. The smallest absolute Gasteiger partial charge is 0.159 e. The van der Waals surface area contributed by atoms with Crippen molar-refractivity contribution < 1.29 is 14.4 Å². The number of ketones is 3. The van der Waals surface area contributed by atoms with Gasteiger partial charge in [0, 0.05) is 33.8 Å². The highest BCUT2D eigenvalue weighted by atomic mass is 16.1. The molecule has 8 aromatic rings. The minimum absolute atomic E-state index is 0.0206. The number of hydrogen-bond donors (Lipinski definition) is 0. The molecule has 58 heavy (non-hydrogen) atoms. The Bertz CT molecular complexity index is 2930. The molecule has 0 aliphatic heterocycles. The van der Waals surface area contributed by atoms with Gasteiger partial charge in [-0.15, -0.1) is 0 Å². The van der Waals surface area contributed by atoms with E-state index in [1.807, 2.05) is 42.5 Å². The van der Waals surface area contributed by atoms with Crippen LogP contribution in [-0.2, 0) is 10.8 Å². The first kappa shape index (κ1) is 35.3. The molecule has 0 N–H and O–H groups in total. The lowest BCUT2D eigenvalue weighted by molar-refractivity contribution is 0.100. The highest BCUT2D eigenvalue weighted by molar-refractivity contribution is 5.99. The molecule has 11 rings (SSSR count). The van der Waals surface area contributed by atoms with Gasteiger partial charge in [-0.25, -0.2) is 0 Å². The Labute approximate surface area is 338 Å². The van der Waals surface area contributed by atoms with Crippen LogP contribution in [0.1, 0.15) is 96.4 Å². The van der Waals surface area contributed by atoms with Crippen LogP contribution in [0, 0.1) is 0 Å². The van der Waals surface area contributed by atoms with Crippen LogP contribution in [0.3, 0.4) is 0 Å². The molecule has 2 bridgehead atoms.